The Bertz CT molecular complexity index is 882. The Kier molecular flexibility index (Phi) is 4.29. The number of ether oxygens (including phenoxy) is 1. The van der Waals surface area contributed by atoms with Gasteiger partial charge in [0.05, 0.1) is 11.4 Å². The number of nitrogens with one attached hydrogen (secondary N) is 1. The normalized spacial score (nSPS) is 19.9. The molecule has 1 N–H and O–H groups in total. The lowest BCUT2D eigenvalue weighted by atomic mass is 9.89. The summed E-state index contributed by atoms with van der Waals surface area (Å²) >= 11 is 0. The van der Waals surface area contributed by atoms with Gasteiger partial charge in [-0.05, 0) is 54.9 Å². The second kappa shape index (κ2) is 6.46. The number of rotatable bonds is 2. The van der Waals surface area contributed by atoms with Crippen molar-refractivity contribution in [1.82, 2.24) is 0 Å². The fourth-order valence-electron chi connectivity index (χ4n) is 3.82. The zero-order chi connectivity index (χ0) is 17.4. The summed E-state index contributed by atoms with van der Waals surface area (Å²) in [6, 6.07) is 12.7. The van der Waals surface area contributed by atoms with Gasteiger partial charge in [-0.25, -0.2) is 8.42 Å². The van der Waals surface area contributed by atoms with E-state index in [1.54, 1.807) is 0 Å². The van der Waals surface area contributed by atoms with Gasteiger partial charge in [-0.2, -0.15) is 0 Å². The van der Waals surface area contributed by atoms with E-state index in [0.29, 0.717) is 12.3 Å². The summed E-state index contributed by atoms with van der Waals surface area (Å²) in [5, 5.41) is 0. The number of benzene rings is 2. The van der Waals surface area contributed by atoms with Crippen molar-refractivity contribution in [2.24, 2.45) is 0 Å². The molecule has 0 aromatic heterocycles. The van der Waals surface area contributed by atoms with E-state index in [4.69, 9.17) is 4.74 Å². The molecule has 5 heteroatoms. The van der Waals surface area contributed by atoms with Gasteiger partial charge >= 0.3 is 0 Å². The Morgan fingerprint density at radius 1 is 1.08 bits per heavy atom. The van der Waals surface area contributed by atoms with Crippen LogP contribution in [0.3, 0.4) is 0 Å². The van der Waals surface area contributed by atoms with Gasteiger partial charge in [0.1, 0.15) is 0 Å². The third kappa shape index (κ3) is 3.44. The fourth-order valence-corrected chi connectivity index (χ4v) is 4.97. The Labute approximate surface area is 149 Å². The van der Waals surface area contributed by atoms with E-state index in [1.807, 2.05) is 0 Å². The van der Waals surface area contributed by atoms with Crippen LogP contribution in [-0.4, -0.2) is 27.4 Å². The summed E-state index contributed by atoms with van der Waals surface area (Å²) in [7, 11) is -3.23. The molecule has 2 aliphatic rings. The molecule has 4 rings (SSSR count). The monoisotopic (exact) mass is 357 g/mol. The van der Waals surface area contributed by atoms with Gasteiger partial charge in [0.2, 0.25) is 10.0 Å². The molecule has 0 unspecified atom stereocenters. The minimum absolute atomic E-state index is 0.158. The van der Waals surface area contributed by atoms with Gasteiger partial charge in [-0.15, -0.1) is 0 Å². The van der Waals surface area contributed by atoms with Gasteiger partial charge in [0.15, 0.2) is 0 Å². The summed E-state index contributed by atoms with van der Waals surface area (Å²) in [5.41, 5.74) is 6.35. The van der Waals surface area contributed by atoms with Crippen molar-refractivity contribution in [1.29, 1.82) is 0 Å². The lowest BCUT2D eigenvalue weighted by Crippen LogP contribution is -2.24. The number of sulfonamides is 1. The second-order valence-corrected chi connectivity index (χ2v) is 8.87. The first-order valence-electron chi connectivity index (χ1n) is 8.84. The molecule has 4 nitrogen and oxygen atoms in total. The third-order valence-electron chi connectivity index (χ3n) is 5.18. The van der Waals surface area contributed by atoms with E-state index in [0.717, 1.165) is 54.0 Å². The van der Waals surface area contributed by atoms with Crippen molar-refractivity contribution in [2.75, 3.05) is 23.7 Å². The van der Waals surface area contributed by atoms with Gasteiger partial charge in [0, 0.05) is 18.8 Å². The van der Waals surface area contributed by atoms with E-state index >= 15 is 0 Å². The third-order valence-corrected chi connectivity index (χ3v) is 6.43. The van der Waals surface area contributed by atoms with Gasteiger partial charge in [0.25, 0.3) is 0 Å². The van der Waals surface area contributed by atoms with E-state index in [2.05, 4.69) is 48.0 Å². The minimum atomic E-state index is -3.23. The van der Waals surface area contributed by atoms with E-state index in [-0.39, 0.29) is 5.75 Å². The standard InChI is InChI=1S/C20H23NO3S/c1-14-12-18-8-11-25(22,23)21-20(18)19(13-14)17-4-2-15(3-5-17)16-6-9-24-10-7-16/h2-5,12-13,16,21H,6-11H2,1H3. The number of hydrogen-bond acceptors (Lipinski definition) is 3. The van der Waals surface area contributed by atoms with Crippen molar-refractivity contribution in [2.45, 2.75) is 32.1 Å². The lowest BCUT2D eigenvalue weighted by Gasteiger charge is -2.24. The molecule has 2 aromatic carbocycles. The summed E-state index contributed by atoms with van der Waals surface area (Å²) in [6.45, 7) is 3.72. The van der Waals surface area contributed by atoms with Crippen LogP contribution in [0.25, 0.3) is 11.1 Å². The molecule has 2 aromatic rings. The quantitative estimate of drug-likeness (QED) is 0.888. The highest BCUT2D eigenvalue weighted by Gasteiger charge is 2.23. The molecule has 1 saturated heterocycles. The predicted octanol–water partition coefficient (Wildman–Crippen LogP) is 3.85. The average Bonchev–Trinajstić information content (AvgIpc) is 2.62. The second-order valence-electron chi connectivity index (χ2n) is 7.03. The summed E-state index contributed by atoms with van der Waals surface area (Å²) in [6.07, 6.45) is 2.71. The molecular formula is C20H23NO3S. The first-order valence-corrected chi connectivity index (χ1v) is 10.5. The van der Waals surface area contributed by atoms with Crippen LogP contribution in [-0.2, 0) is 21.2 Å². The highest BCUT2D eigenvalue weighted by atomic mass is 32.2. The number of fused-ring (bicyclic) bond motifs is 1. The van der Waals surface area contributed by atoms with Crippen LogP contribution in [0.1, 0.15) is 35.4 Å². The topological polar surface area (TPSA) is 55.4 Å². The maximum absolute atomic E-state index is 12.0. The molecule has 0 spiro atoms. The fraction of sp³-hybridized carbons (Fsp3) is 0.400. The van der Waals surface area contributed by atoms with Crippen molar-refractivity contribution in [3.8, 4) is 11.1 Å². The molecule has 0 atom stereocenters. The molecule has 0 aliphatic carbocycles. The van der Waals surface area contributed by atoms with Crippen molar-refractivity contribution >= 4 is 15.7 Å². The largest absolute Gasteiger partial charge is 0.381 e. The number of anilines is 1. The van der Waals surface area contributed by atoms with Crippen molar-refractivity contribution in [3.05, 3.63) is 53.1 Å². The molecule has 0 saturated carbocycles. The van der Waals surface area contributed by atoms with Crippen LogP contribution in [0, 0.1) is 6.92 Å². The van der Waals surface area contributed by atoms with E-state index in [1.165, 1.54) is 5.56 Å². The van der Waals surface area contributed by atoms with Crippen LogP contribution in [0.2, 0.25) is 0 Å². The van der Waals surface area contributed by atoms with Crippen LogP contribution >= 0.6 is 0 Å². The molecular weight excluding hydrogens is 334 g/mol. The SMILES string of the molecule is Cc1cc2c(c(-c3ccc(C4CCOCC4)cc3)c1)NS(=O)(=O)CC2. The Morgan fingerprint density at radius 3 is 2.52 bits per heavy atom. The molecule has 25 heavy (non-hydrogen) atoms. The highest BCUT2D eigenvalue weighted by molar-refractivity contribution is 7.92. The average molecular weight is 357 g/mol. The zero-order valence-corrected chi connectivity index (χ0v) is 15.2. The molecule has 0 amide bonds. The molecule has 0 radical (unpaired) electrons. The Balaban J connectivity index is 1.71. The smallest absolute Gasteiger partial charge is 0.233 e. The molecule has 0 bridgehead atoms. The van der Waals surface area contributed by atoms with Gasteiger partial charge in [-0.3, -0.25) is 4.72 Å². The maximum Gasteiger partial charge on any atom is 0.233 e. The maximum atomic E-state index is 12.0. The van der Waals surface area contributed by atoms with Crippen molar-refractivity contribution < 1.29 is 13.2 Å². The first kappa shape index (κ1) is 16.6. The first-order chi connectivity index (χ1) is 12.0. The van der Waals surface area contributed by atoms with E-state index in [9.17, 15) is 8.42 Å². The molecule has 2 aliphatic heterocycles. The van der Waals surface area contributed by atoms with E-state index < -0.39 is 10.0 Å². The summed E-state index contributed by atoms with van der Waals surface area (Å²) in [5.74, 6) is 0.721. The van der Waals surface area contributed by atoms with Crippen LogP contribution < -0.4 is 4.72 Å². The molecule has 2 heterocycles. The minimum Gasteiger partial charge on any atom is -0.381 e. The number of aryl methyl sites for hydroxylation is 2. The zero-order valence-electron chi connectivity index (χ0n) is 14.4. The number of hydrogen-bond donors (Lipinski definition) is 1. The molecule has 1 fully saturated rings. The Hall–Kier alpha value is -1.85. The summed E-state index contributed by atoms with van der Waals surface area (Å²) in [4.78, 5) is 0. The molecule has 132 valence electrons. The Morgan fingerprint density at radius 2 is 1.80 bits per heavy atom. The van der Waals surface area contributed by atoms with Gasteiger partial charge in [-0.1, -0.05) is 35.9 Å². The van der Waals surface area contributed by atoms with Crippen LogP contribution in [0.15, 0.2) is 36.4 Å². The summed E-state index contributed by atoms with van der Waals surface area (Å²) < 4.78 is 32.2. The lowest BCUT2D eigenvalue weighted by molar-refractivity contribution is 0.0853. The highest BCUT2D eigenvalue weighted by Crippen LogP contribution is 2.37. The van der Waals surface area contributed by atoms with Crippen LogP contribution in [0.4, 0.5) is 5.69 Å². The van der Waals surface area contributed by atoms with Gasteiger partial charge < -0.3 is 4.74 Å². The predicted molar refractivity (Wildman–Crippen MR) is 101 cm³/mol. The van der Waals surface area contributed by atoms with Crippen molar-refractivity contribution in [3.63, 3.8) is 0 Å². The van der Waals surface area contributed by atoms with Crippen LogP contribution in [0.5, 0.6) is 0 Å².